The van der Waals surface area contributed by atoms with Gasteiger partial charge in [-0.15, -0.1) is 0 Å². The van der Waals surface area contributed by atoms with Crippen molar-refractivity contribution < 1.29 is 22.3 Å². The molecular weight excluding hydrogens is 471 g/mol. The third-order valence-electron chi connectivity index (χ3n) is 6.45. The Morgan fingerprint density at radius 1 is 1.00 bits per heavy atom. The first-order valence-electron chi connectivity index (χ1n) is 11.8. The minimum atomic E-state index is -3.56. The molecule has 1 saturated heterocycles. The Morgan fingerprint density at radius 2 is 1.69 bits per heavy atom. The Kier molecular flexibility index (Phi) is 6.68. The number of hydrogen-bond acceptors (Lipinski definition) is 5. The first kappa shape index (κ1) is 23.7. The number of carbonyl (C=O) groups excluding carboxylic acids is 1. The van der Waals surface area contributed by atoms with Crippen molar-refractivity contribution in [1.29, 1.82) is 0 Å². The molecule has 1 amide bonds. The number of aromatic nitrogens is 2. The van der Waals surface area contributed by atoms with Gasteiger partial charge >= 0.3 is 0 Å². The lowest BCUT2D eigenvalue weighted by Gasteiger charge is -2.26. The number of halogens is 1. The standard InChI is InChI=1S/C25H27FN4O4S/c26-19-7-9-20(10-8-19)30-23-4-2-1-3-22(23)24(28-30)25(31)27-17-18-5-11-21(12-6-18)35(32,33)29-13-15-34-16-14-29/h5-12H,1-4,13-17H2,(H,27,31). The molecule has 1 N–H and O–H groups in total. The summed E-state index contributed by atoms with van der Waals surface area (Å²) >= 11 is 0. The monoisotopic (exact) mass is 498 g/mol. The van der Waals surface area contributed by atoms with Crippen molar-refractivity contribution in [1.82, 2.24) is 19.4 Å². The molecule has 1 aromatic heterocycles. The van der Waals surface area contributed by atoms with Crippen LogP contribution in [0.25, 0.3) is 5.69 Å². The summed E-state index contributed by atoms with van der Waals surface area (Å²) in [4.78, 5) is 13.3. The molecule has 2 heterocycles. The molecule has 0 saturated carbocycles. The van der Waals surface area contributed by atoms with Crippen molar-refractivity contribution in [2.24, 2.45) is 0 Å². The van der Waals surface area contributed by atoms with Crippen LogP contribution in [0.1, 0.15) is 40.2 Å². The van der Waals surface area contributed by atoms with Gasteiger partial charge in [-0.25, -0.2) is 17.5 Å². The molecule has 10 heteroatoms. The third kappa shape index (κ3) is 4.86. The summed E-state index contributed by atoms with van der Waals surface area (Å²) in [5.41, 5.74) is 3.82. The number of ether oxygens (including phenoxy) is 1. The van der Waals surface area contributed by atoms with E-state index in [4.69, 9.17) is 4.74 Å². The van der Waals surface area contributed by atoms with Crippen LogP contribution in [-0.2, 0) is 34.1 Å². The van der Waals surface area contributed by atoms with Gasteiger partial charge in [0.2, 0.25) is 10.0 Å². The van der Waals surface area contributed by atoms with E-state index < -0.39 is 10.0 Å². The Morgan fingerprint density at radius 3 is 2.40 bits per heavy atom. The van der Waals surface area contributed by atoms with Gasteiger partial charge in [0.05, 0.1) is 23.8 Å². The lowest BCUT2D eigenvalue weighted by molar-refractivity contribution is 0.0730. The third-order valence-corrected chi connectivity index (χ3v) is 8.36. The molecule has 0 bridgehead atoms. The van der Waals surface area contributed by atoms with Crippen molar-refractivity contribution in [3.05, 3.63) is 76.9 Å². The molecule has 1 aliphatic heterocycles. The first-order valence-corrected chi connectivity index (χ1v) is 13.2. The molecule has 0 radical (unpaired) electrons. The molecule has 8 nitrogen and oxygen atoms in total. The van der Waals surface area contributed by atoms with E-state index >= 15 is 0 Å². The summed E-state index contributed by atoms with van der Waals surface area (Å²) in [6.45, 7) is 1.72. The van der Waals surface area contributed by atoms with E-state index in [-0.39, 0.29) is 23.2 Å². The van der Waals surface area contributed by atoms with Gasteiger partial charge < -0.3 is 10.1 Å². The van der Waals surface area contributed by atoms with Gasteiger partial charge in [-0.3, -0.25) is 4.79 Å². The minimum absolute atomic E-state index is 0.224. The molecule has 184 valence electrons. The summed E-state index contributed by atoms with van der Waals surface area (Å²) in [6, 6.07) is 12.6. The van der Waals surface area contributed by atoms with Crippen LogP contribution in [0.3, 0.4) is 0 Å². The summed E-state index contributed by atoms with van der Waals surface area (Å²) in [5.74, 6) is -0.606. The maximum Gasteiger partial charge on any atom is 0.272 e. The van der Waals surface area contributed by atoms with Crippen molar-refractivity contribution >= 4 is 15.9 Å². The van der Waals surface area contributed by atoms with Gasteiger partial charge in [0.15, 0.2) is 5.69 Å². The number of sulfonamides is 1. The number of carbonyl (C=O) groups is 1. The summed E-state index contributed by atoms with van der Waals surface area (Å²) in [6.07, 6.45) is 3.58. The normalized spacial score (nSPS) is 16.6. The van der Waals surface area contributed by atoms with Crippen LogP contribution in [-0.4, -0.2) is 54.7 Å². The smallest absolute Gasteiger partial charge is 0.272 e. The van der Waals surface area contributed by atoms with E-state index in [1.54, 1.807) is 41.1 Å². The maximum absolute atomic E-state index is 13.4. The van der Waals surface area contributed by atoms with Crippen LogP contribution in [0.5, 0.6) is 0 Å². The van der Waals surface area contributed by atoms with Crippen LogP contribution in [0.2, 0.25) is 0 Å². The minimum Gasteiger partial charge on any atom is -0.379 e. The fourth-order valence-corrected chi connectivity index (χ4v) is 5.97. The Labute approximate surface area is 203 Å². The molecule has 2 aromatic carbocycles. The van der Waals surface area contributed by atoms with Crippen LogP contribution >= 0.6 is 0 Å². The number of amides is 1. The number of morpholine rings is 1. The number of hydrogen-bond donors (Lipinski definition) is 1. The van der Waals surface area contributed by atoms with Crippen molar-refractivity contribution in [3.63, 3.8) is 0 Å². The van der Waals surface area contributed by atoms with E-state index in [0.29, 0.717) is 32.0 Å². The fraction of sp³-hybridized carbons (Fsp3) is 0.360. The predicted octanol–water partition coefficient (Wildman–Crippen LogP) is 2.84. The first-order chi connectivity index (χ1) is 16.9. The highest BCUT2D eigenvalue weighted by molar-refractivity contribution is 7.89. The van der Waals surface area contributed by atoms with Gasteiger partial charge in [-0.1, -0.05) is 12.1 Å². The second-order valence-electron chi connectivity index (χ2n) is 8.71. The zero-order valence-electron chi connectivity index (χ0n) is 19.2. The van der Waals surface area contributed by atoms with Gasteiger partial charge in [-0.2, -0.15) is 9.40 Å². The van der Waals surface area contributed by atoms with Crippen molar-refractivity contribution in [3.8, 4) is 5.69 Å². The van der Waals surface area contributed by atoms with Gasteiger partial charge in [0.25, 0.3) is 5.91 Å². The molecule has 5 rings (SSSR count). The Balaban J connectivity index is 1.30. The predicted molar refractivity (Wildman–Crippen MR) is 127 cm³/mol. The van der Waals surface area contributed by atoms with Gasteiger partial charge in [-0.05, 0) is 67.6 Å². The molecule has 1 fully saturated rings. The van der Waals surface area contributed by atoms with Gasteiger partial charge in [0.1, 0.15) is 5.82 Å². The molecule has 0 unspecified atom stereocenters. The molecular formula is C25H27FN4O4S. The van der Waals surface area contributed by atoms with E-state index in [1.807, 2.05) is 0 Å². The summed E-state index contributed by atoms with van der Waals surface area (Å²) in [7, 11) is -3.56. The Hall–Kier alpha value is -3.08. The average Bonchev–Trinajstić information content (AvgIpc) is 3.28. The number of benzene rings is 2. The molecule has 35 heavy (non-hydrogen) atoms. The SMILES string of the molecule is O=C(NCc1ccc(S(=O)(=O)N2CCOCC2)cc1)c1nn(-c2ccc(F)cc2)c2c1CCCC2. The van der Waals surface area contributed by atoms with Gasteiger partial charge in [0, 0.05) is 30.9 Å². The van der Waals surface area contributed by atoms with Crippen LogP contribution < -0.4 is 5.32 Å². The molecule has 3 aromatic rings. The van der Waals surface area contributed by atoms with E-state index in [0.717, 1.165) is 48.2 Å². The summed E-state index contributed by atoms with van der Waals surface area (Å²) in [5, 5.41) is 7.50. The largest absolute Gasteiger partial charge is 0.379 e. The summed E-state index contributed by atoms with van der Waals surface area (Å²) < 4.78 is 47.4. The zero-order chi connectivity index (χ0) is 24.4. The maximum atomic E-state index is 13.4. The van der Waals surface area contributed by atoms with Crippen molar-refractivity contribution in [2.45, 2.75) is 37.1 Å². The van der Waals surface area contributed by atoms with Crippen LogP contribution in [0.4, 0.5) is 4.39 Å². The fourth-order valence-electron chi connectivity index (χ4n) is 4.56. The zero-order valence-corrected chi connectivity index (χ0v) is 20.1. The van der Waals surface area contributed by atoms with E-state index in [9.17, 15) is 17.6 Å². The lowest BCUT2D eigenvalue weighted by Crippen LogP contribution is -2.40. The van der Waals surface area contributed by atoms with Crippen LogP contribution in [0.15, 0.2) is 53.4 Å². The number of fused-ring (bicyclic) bond motifs is 1. The molecule has 0 atom stereocenters. The number of nitrogens with zero attached hydrogens (tertiary/aromatic N) is 3. The number of rotatable bonds is 6. The second-order valence-corrected chi connectivity index (χ2v) is 10.7. The molecule has 0 spiro atoms. The van der Waals surface area contributed by atoms with Crippen LogP contribution in [0, 0.1) is 5.82 Å². The quantitative estimate of drug-likeness (QED) is 0.564. The topological polar surface area (TPSA) is 93.5 Å². The highest BCUT2D eigenvalue weighted by atomic mass is 32.2. The highest BCUT2D eigenvalue weighted by Crippen LogP contribution is 2.27. The lowest BCUT2D eigenvalue weighted by atomic mass is 9.95. The van der Waals surface area contributed by atoms with E-state index in [1.165, 1.54) is 16.4 Å². The highest BCUT2D eigenvalue weighted by Gasteiger charge is 2.27. The van der Waals surface area contributed by atoms with Crippen molar-refractivity contribution in [2.75, 3.05) is 26.3 Å². The molecule has 1 aliphatic carbocycles. The number of nitrogens with one attached hydrogen (secondary N) is 1. The van der Waals surface area contributed by atoms with E-state index in [2.05, 4.69) is 10.4 Å². The average molecular weight is 499 g/mol. The molecule has 2 aliphatic rings. The second kappa shape index (κ2) is 9.88. The Bertz CT molecular complexity index is 1310.